The van der Waals surface area contributed by atoms with E-state index in [-0.39, 0.29) is 24.1 Å². The van der Waals surface area contributed by atoms with E-state index in [1.807, 2.05) is 47.9 Å². The summed E-state index contributed by atoms with van der Waals surface area (Å²) in [4.78, 5) is 25.3. The van der Waals surface area contributed by atoms with Crippen LogP contribution in [0.5, 0.6) is 5.75 Å². The number of rotatable bonds is 8. The van der Waals surface area contributed by atoms with E-state index in [0.717, 1.165) is 53.5 Å². The zero-order valence-electron chi connectivity index (χ0n) is 22.9. The van der Waals surface area contributed by atoms with Gasteiger partial charge in [-0.25, -0.2) is 19.7 Å². The molecule has 0 amide bonds. The lowest BCUT2D eigenvalue weighted by Gasteiger charge is -2.32. The highest BCUT2D eigenvalue weighted by Crippen LogP contribution is 2.35. The first-order valence-electron chi connectivity index (χ1n) is 13.6. The van der Waals surface area contributed by atoms with Gasteiger partial charge in [-0.1, -0.05) is 36.8 Å². The number of nitrogens with zero attached hydrogens (tertiary/aromatic N) is 4. The molecule has 0 saturated heterocycles. The Morgan fingerprint density at radius 3 is 2.40 bits per heavy atom. The van der Waals surface area contributed by atoms with Crippen LogP contribution in [0.2, 0.25) is 0 Å². The maximum absolute atomic E-state index is 13.2. The van der Waals surface area contributed by atoms with Crippen molar-refractivity contribution in [3.05, 3.63) is 77.6 Å². The maximum atomic E-state index is 13.2. The van der Waals surface area contributed by atoms with Crippen molar-refractivity contribution in [2.24, 2.45) is 5.92 Å². The molecule has 216 valence electrons. The number of alkyl halides is 3. The zero-order chi connectivity index (χ0) is 29.6. The Bertz CT molecular complexity index is 1800. The van der Waals surface area contributed by atoms with Gasteiger partial charge in [0.05, 0.1) is 12.7 Å². The molecule has 2 N–H and O–H groups in total. The Labute approximate surface area is 239 Å². The minimum Gasteiger partial charge on any atom is -0.497 e. The third kappa shape index (κ3) is 5.22. The summed E-state index contributed by atoms with van der Waals surface area (Å²) in [6.07, 6.45) is -1.19. The maximum Gasteiger partial charge on any atom is 0.416 e. The van der Waals surface area contributed by atoms with Crippen molar-refractivity contribution in [3.8, 4) is 17.1 Å². The van der Waals surface area contributed by atoms with Crippen LogP contribution in [-0.2, 0) is 12.7 Å². The molecule has 1 fully saturated rings. The molecule has 0 unspecified atom stereocenters. The number of carbonyl (C=O) groups is 1. The second-order valence-electron chi connectivity index (χ2n) is 10.6. The minimum atomic E-state index is -4.45. The van der Waals surface area contributed by atoms with Gasteiger partial charge in [-0.3, -0.25) is 0 Å². The summed E-state index contributed by atoms with van der Waals surface area (Å²) < 4.78 is 46.9. The summed E-state index contributed by atoms with van der Waals surface area (Å²) in [5, 5.41) is 15.0. The van der Waals surface area contributed by atoms with Crippen LogP contribution in [0.15, 0.2) is 60.7 Å². The minimum absolute atomic E-state index is 0.0204. The monoisotopic (exact) mass is 575 g/mol. The molecule has 6 rings (SSSR count). The van der Waals surface area contributed by atoms with E-state index in [1.54, 1.807) is 7.11 Å². The van der Waals surface area contributed by atoms with Gasteiger partial charge in [-0.2, -0.15) is 13.2 Å². The molecule has 5 aromatic rings. The second-order valence-corrected chi connectivity index (χ2v) is 10.6. The van der Waals surface area contributed by atoms with E-state index >= 15 is 0 Å². The van der Waals surface area contributed by atoms with Crippen LogP contribution < -0.4 is 10.1 Å². The van der Waals surface area contributed by atoms with Crippen molar-refractivity contribution in [1.29, 1.82) is 0 Å². The normalized spacial score (nSPS) is 14.6. The Hall–Kier alpha value is -4.67. The van der Waals surface area contributed by atoms with Gasteiger partial charge < -0.3 is 19.7 Å². The van der Waals surface area contributed by atoms with Gasteiger partial charge in [0.15, 0.2) is 11.5 Å². The smallest absolute Gasteiger partial charge is 0.416 e. The summed E-state index contributed by atoms with van der Waals surface area (Å²) in [5.74, 6) is 0.285. The summed E-state index contributed by atoms with van der Waals surface area (Å²) in [7, 11) is 1.60. The highest BCUT2D eigenvalue weighted by Gasteiger charge is 2.30. The molecule has 0 aliphatic heterocycles. The average Bonchev–Trinajstić information content (AvgIpc) is 3.29. The molecular formula is C31H28F3N5O3. The van der Waals surface area contributed by atoms with Crippen molar-refractivity contribution in [1.82, 2.24) is 19.5 Å². The average molecular weight is 576 g/mol. The number of fused-ring (bicyclic) bond motifs is 2. The van der Waals surface area contributed by atoms with E-state index in [4.69, 9.17) is 9.72 Å². The van der Waals surface area contributed by atoms with Gasteiger partial charge in [0.25, 0.3) is 0 Å². The number of carboxylic acids is 1. The molecule has 0 spiro atoms. The van der Waals surface area contributed by atoms with E-state index < -0.39 is 17.7 Å². The number of anilines is 1. The molecule has 0 bridgehead atoms. The number of carboxylic acid groups (broad SMARTS) is 1. The van der Waals surface area contributed by atoms with E-state index in [2.05, 4.69) is 15.3 Å². The topological polar surface area (TPSA) is 102 Å². The van der Waals surface area contributed by atoms with Crippen molar-refractivity contribution in [2.75, 3.05) is 12.4 Å². The zero-order valence-corrected chi connectivity index (χ0v) is 22.9. The first kappa shape index (κ1) is 27.5. The molecule has 1 saturated carbocycles. The summed E-state index contributed by atoms with van der Waals surface area (Å²) in [6.45, 7) is 2.19. The van der Waals surface area contributed by atoms with Crippen LogP contribution in [0.4, 0.5) is 19.0 Å². The summed E-state index contributed by atoms with van der Waals surface area (Å²) in [5.41, 5.74) is 1.26. The number of halogens is 3. The van der Waals surface area contributed by atoms with Crippen LogP contribution in [0, 0.1) is 5.92 Å². The van der Waals surface area contributed by atoms with Gasteiger partial charge in [0, 0.05) is 18.2 Å². The van der Waals surface area contributed by atoms with Crippen molar-refractivity contribution >= 4 is 33.7 Å². The highest BCUT2D eigenvalue weighted by atomic mass is 19.4. The molecule has 1 atom stereocenters. The SMILES string of the molecule is COc1ccc2cc(-c3nc4nc(C(=O)O)nc(N[C@H](C)C5CCC5)c4n3Cc3ccc(C(F)(F)F)cc3)ccc2c1. The van der Waals surface area contributed by atoms with Gasteiger partial charge in [-0.15, -0.1) is 0 Å². The molecule has 8 nitrogen and oxygen atoms in total. The summed E-state index contributed by atoms with van der Waals surface area (Å²) >= 11 is 0. The number of ether oxygens (including phenoxy) is 1. The lowest BCUT2D eigenvalue weighted by molar-refractivity contribution is -0.137. The van der Waals surface area contributed by atoms with Gasteiger partial charge >= 0.3 is 12.1 Å². The molecule has 1 aliphatic rings. The number of benzene rings is 3. The molecule has 11 heteroatoms. The van der Waals surface area contributed by atoms with E-state index in [1.165, 1.54) is 12.1 Å². The van der Waals surface area contributed by atoms with E-state index in [0.29, 0.717) is 28.6 Å². The molecule has 42 heavy (non-hydrogen) atoms. The first-order valence-corrected chi connectivity index (χ1v) is 13.6. The number of aromatic nitrogens is 4. The number of aromatic carboxylic acids is 1. The standard InChI is InChI=1S/C31H28F3N5O3/c1-17(19-4-3-5-19)35-26-25-27(37-28(36-26)30(40)41)38-29(22-9-8-21-15-24(42-2)13-10-20(21)14-22)39(25)16-18-6-11-23(12-7-18)31(32,33)34/h6-15,17,19H,3-5,16H2,1-2H3,(H,40,41)(H,35,36,37)/t17-/m1/s1. The molecule has 2 heterocycles. The van der Waals surface area contributed by atoms with Gasteiger partial charge in [-0.05, 0) is 72.4 Å². The van der Waals surface area contributed by atoms with Crippen LogP contribution in [0.3, 0.4) is 0 Å². The molecule has 3 aromatic carbocycles. The van der Waals surface area contributed by atoms with Crippen molar-refractivity contribution in [2.45, 2.75) is 44.9 Å². The molecule has 0 radical (unpaired) electrons. The Morgan fingerprint density at radius 2 is 1.76 bits per heavy atom. The number of methoxy groups -OCH3 is 1. The highest BCUT2D eigenvalue weighted by molar-refractivity contribution is 5.93. The Morgan fingerprint density at radius 1 is 1.05 bits per heavy atom. The molecule has 2 aromatic heterocycles. The third-order valence-corrected chi connectivity index (χ3v) is 7.94. The number of nitrogens with one attached hydrogen (secondary N) is 1. The summed E-state index contributed by atoms with van der Waals surface area (Å²) in [6, 6.07) is 16.5. The van der Waals surface area contributed by atoms with Crippen LogP contribution >= 0.6 is 0 Å². The third-order valence-electron chi connectivity index (χ3n) is 7.94. The van der Waals surface area contributed by atoms with Crippen LogP contribution in [0.1, 0.15) is 47.9 Å². The quantitative estimate of drug-likeness (QED) is 0.205. The lowest BCUT2D eigenvalue weighted by atomic mass is 9.80. The van der Waals surface area contributed by atoms with Crippen LogP contribution in [0.25, 0.3) is 33.3 Å². The fraction of sp³-hybridized carbons (Fsp3) is 0.290. The number of hydrogen-bond donors (Lipinski definition) is 2. The molecule has 1 aliphatic carbocycles. The molecular weight excluding hydrogens is 547 g/mol. The van der Waals surface area contributed by atoms with Crippen molar-refractivity contribution < 1.29 is 27.8 Å². The fourth-order valence-electron chi connectivity index (χ4n) is 5.35. The Balaban J connectivity index is 1.53. The fourth-order valence-corrected chi connectivity index (χ4v) is 5.35. The predicted molar refractivity (Wildman–Crippen MR) is 153 cm³/mol. The number of hydrogen-bond acceptors (Lipinski definition) is 6. The number of imidazole rings is 1. The van der Waals surface area contributed by atoms with Crippen molar-refractivity contribution in [3.63, 3.8) is 0 Å². The first-order chi connectivity index (χ1) is 20.1. The lowest BCUT2D eigenvalue weighted by Crippen LogP contribution is -2.31. The Kier molecular flexibility index (Phi) is 6.96. The second kappa shape index (κ2) is 10.6. The van der Waals surface area contributed by atoms with Gasteiger partial charge in [0.2, 0.25) is 5.82 Å². The van der Waals surface area contributed by atoms with Crippen LogP contribution in [-0.4, -0.2) is 43.7 Å². The van der Waals surface area contributed by atoms with E-state index in [9.17, 15) is 23.1 Å². The predicted octanol–water partition coefficient (Wildman–Crippen LogP) is 7.02. The largest absolute Gasteiger partial charge is 0.497 e. The van der Waals surface area contributed by atoms with Gasteiger partial charge in [0.1, 0.15) is 17.1 Å².